The molecule has 1 N–H and O–H groups in total. The summed E-state index contributed by atoms with van der Waals surface area (Å²) in [7, 11) is 2.21. The molecule has 1 saturated carbocycles. The number of nitrogens with zero attached hydrogens (tertiary/aromatic N) is 5. The normalized spacial score (nSPS) is 16.5. The lowest BCUT2D eigenvalue weighted by atomic mass is 10.2. The highest BCUT2D eigenvalue weighted by Crippen LogP contribution is 2.22. The van der Waals surface area contributed by atoms with Crippen LogP contribution in [0.4, 0.5) is 5.82 Å². The van der Waals surface area contributed by atoms with E-state index in [1.807, 2.05) is 10.6 Å². The monoisotopic (exact) mass is 260 g/mol. The second kappa shape index (κ2) is 5.52. The molecule has 3 rings (SSSR count). The lowest BCUT2D eigenvalue weighted by molar-refractivity contribution is 0.254. The molecule has 2 heterocycles. The summed E-state index contributed by atoms with van der Waals surface area (Å²) in [5, 5.41) is 11.3. The van der Waals surface area contributed by atoms with Crippen LogP contribution in [0, 0.1) is 0 Å². The van der Waals surface area contributed by atoms with Crippen LogP contribution in [-0.2, 0) is 0 Å². The second-order valence-corrected chi connectivity index (χ2v) is 5.18. The number of rotatable bonds is 5. The van der Waals surface area contributed by atoms with Crippen molar-refractivity contribution < 1.29 is 0 Å². The Morgan fingerprint density at radius 2 is 2.26 bits per heavy atom. The van der Waals surface area contributed by atoms with Crippen LogP contribution in [0.25, 0.3) is 5.65 Å². The number of nitrogens with one attached hydrogen (secondary N) is 1. The zero-order chi connectivity index (χ0) is 13.1. The number of hydrogen-bond acceptors (Lipinski definition) is 5. The van der Waals surface area contributed by atoms with Crippen LogP contribution < -0.4 is 5.32 Å². The average molecular weight is 260 g/mol. The van der Waals surface area contributed by atoms with Crippen LogP contribution in [0.15, 0.2) is 18.7 Å². The van der Waals surface area contributed by atoms with Gasteiger partial charge in [0, 0.05) is 31.5 Å². The van der Waals surface area contributed by atoms with Crippen LogP contribution in [0.1, 0.15) is 25.7 Å². The molecule has 102 valence electrons. The van der Waals surface area contributed by atoms with Crippen molar-refractivity contribution in [2.45, 2.75) is 31.7 Å². The molecule has 0 unspecified atom stereocenters. The highest BCUT2D eigenvalue weighted by atomic mass is 15.2. The van der Waals surface area contributed by atoms with Gasteiger partial charge in [-0.15, -0.1) is 10.2 Å². The highest BCUT2D eigenvalue weighted by Gasteiger charge is 2.18. The van der Waals surface area contributed by atoms with Gasteiger partial charge in [-0.3, -0.25) is 4.40 Å². The van der Waals surface area contributed by atoms with Crippen molar-refractivity contribution in [3.05, 3.63) is 18.7 Å². The first-order valence-corrected chi connectivity index (χ1v) is 6.93. The summed E-state index contributed by atoms with van der Waals surface area (Å²) in [6, 6.07) is 0.763. The zero-order valence-electron chi connectivity index (χ0n) is 11.3. The summed E-state index contributed by atoms with van der Waals surface area (Å²) in [6.07, 6.45) is 10.7. The van der Waals surface area contributed by atoms with E-state index in [9.17, 15) is 0 Å². The predicted octanol–water partition coefficient (Wildman–Crippen LogP) is 1.41. The molecule has 0 atom stereocenters. The third-order valence-corrected chi connectivity index (χ3v) is 3.92. The fourth-order valence-electron chi connectivity index (χ4n) is 2.76. The summed E-state index contributed by atoms with van der Waals surface area (Å²) >= 11 is 0. The van der Waals surface area contributed by atoms with Gasteiger partial charge < -0.3 is 10.2 Å². The van der Waals surface area contributed by atoms with E-state index < -0.39 is 0 Å². The smallest absolute Gasteiger partial charge is 0.203 e. The standard InChI is InChI=1S/C13H20N6/c1-18(11-4-2-3-5-11)8-6-14-12-13-17-16-10-19(13)9-7-15-12/h7,9-11H,2-6,8H2,1H3,(H,14,15). The van der Waals surface area contributed by atoms with Crippen molar-refractivity contribution in [2.75, 3.05) is 25.5 Å². The minimum absolute atomic E-state index is 0.763. The first-order chi connectivity index (χ1) is 9.34. The molecule has 19 heavy (non-hydrogen) atoms. The maximum atomic E-state index is 4.32. The molecule has 6 heteroatoms. The van der Waals surface area contributed by atoms with Gasteiger partial charge in [0.2, 0.25) is 5.65 Å². The molecular weight excluding hydrogens is 240 g/mol. The quantitative estimate of drug-likeness (QED) is 0.881. The first kappa shape index (κ1) is 12.3. The van der Waals surface area contributed by atoms with Crippen molar-refractivity contribution in [1.82, 2.24) is 24.5 Å². The fourth-order valence-corrected chi connectivity index (χ4v) is 2.76. The first-order valence-electron chi connectivity index (χ1n) is 6.93. The molecular formula is C13H20N6. The topological polar surface area (TPSA) is 58.4 Å². The molecule has 2 aromatic heterocycles. The van der Waals surface area contributed by atoms with Gasteiger partial charge in [0.1, 0.15) is 6.33 Å². The summed E-state index contributed by atoms with van der Waals surface area (Å²) in [5.74, 6) is 0.805. The van der Waals surface area contributed by atoms with Crippen molar-refractivity contribution in [2.24, 2.45) is 0 Å². The van der Waals surface area contributed by atoms with Crippen LogP contribution in [0.3, 0.4) is 0 Å². The third-order valence-electron chi connectivity index (χ3n) is 3.92. The van der Waals surface area contributed by atoms with Gasteiger partial charge in [-0.1, -0.05) is 12.8 Å². The minimum atomic E-state index is 0.763. The van der Waals surface area contributed by atoms with Gasteiger partial charge in [-0.05, 0) is 19.9 Å². The molecule has 0 amide bonds. The second-order valence-electron chi connectivity index (χ2n) is 5.18. The molecule has 0 aliphatic heterocycles. The molecule has 1 fully saturated rings. The van der Waals surface area contributed by atoms with Gasteiger partial charge >= 0.3 is 0 Å². The van der Waals surface area contributed by atoms with Crippen LogP contribution in [-0.4, -0.2) is 50.7 Å². The molecule has 0 spiro atoms. The van der Waals surface area contributed by atoms with Gasteiger partial charge in [-0.25, -0.2) is 4.98 Å². The van der Waals surface area contributed by atoms with Gasteiger partial charge in [-0.2, -0.15) is 0 Å². The molecule has 6 nitrogen and oxygen atoms in total. The van der Waals surface area contributed by atoms with E-state index in [1.165, 1.54) is 25.7 Å². The van der Waals surface area contributed by atoms with E-state index in [0.717, 1.165) is 30.6 Å². The summed E-state index contributed by atoms with van der Waals surface area (Å²) in [6.45, 7) is 1.91. The Hall–Kier alpha value is -1.69. The van der Waals surface area contributed by atoms with Crippen LogP contribution in [0.5, 0.6) is 0 Å². The summed E-state index contributed by atoms with van der Waals surface area (Å²) in [5.41, 5.74) is 0.783. The van der Waals surface area contributed by atoms with E-state index in [4.69, 9.17) is 0 Å². The van der Waals surface area contributed by atoms with Crippen molar-refractivity contribution in [3.8, 4) is 0 Å². The predicted molar refractivity (Wildman–Crippen MR) is 74.2 cm³/mol. The van der Waals surface area contributed by atoms with E-state index in [1.54, 1.807) is 12.5 Å². The van der Waals surface area contributed by atoms with E-state index in [-0.39, 0.29) is 0 Å². The molecule has 0 saturated heterocycles. The van der Waals surface area contributed by atoms with Gasteiger partial charge in [0.15, 0.2) is 5.82 Å². The maximum Gasteiger partial charge on any atom is 0.203 e. The Bertz CT molecular complexity index is 531. The number of likely N-dealkylation sites (N-methyl/N-ethyl adjacent to an activating group) is 1. The van der Waals surface area contributed by atoms with Gasteiger partial charge in [0.25, 0.3) is 0 Å². The Balaban J connectivity index is 1.55. The van der Waals surface area contributed by atoms with E-state index in [0.29, 0.717) is 0 Å². The molecule has 1 aliphatic rings. The SMILES string of the molecule is CN(CCNc1nccn2cnnc12)C1CCCC1. The molecule has 0 bridgehead atoms. The number of aromatic nitrogens is 4. The van der Waals surface area contributed by atoms with Crippen molar-refractivity contribution in [3.63, 3.8) is 0 Å². The fraction of sp³-hybridized carbons (Fsp3) is 0.615. The van der Waals surface area contributed by atoms with Crippen LogP contribution in [0.2, 0.25) is 0 Å². The average Bonchev–Trinajstić information content (AvgIpc) is 3.10. The van der Waals surface area contributed by atoms with E-state index >= 15 is 0 Å². The summed E-state index contributed by atoms with van der Waals surface area (Å²) < 4.78 is 1.87. The number of hydrogen-bond donors (Lipinski definition) is 1. The zero-order valence-corrected chi connectivity index (χ0v) is 11.3. The Morgan fingerprint density at radius 1 is 1.42 bits per heavy atom. The Kier molecular flexibility index (Phi) is 3.59. The van der Waals surface area contributed by atoms with Crippen molar-refractivity contribution >= 4 is 11.5 Å². The van der Waals surface area contributed by atoms with Gasteiger partial charge in [0.05, 0.1) is 0 Å². The Labute approximate surface area is 112 Å². The lowest BCUT2D eigenvalue weighted by Gasteiger charge is -2.24. The van der Waals surface area contributed by atoms with E-state index in [2.05, 4.69) is 32.4 Å². The maximum absolute atomic E-state index is 4.32. The third kappa shape index (κ3) is 2.68. The molecule has 2 aromatic rings. The minimum Gasteiger partial charge on any atom is -0.366 e. The van der Waals surface area contributed by atoms with Crippen molar-refractivity contribution in [1.29, 1.82) is 0 Å². The number of fused-ring (bicyclic) bond motifs is 1. The molecule has 0 aromatic carbocycles. The summed E-state index contributed by atoms with van der Waals surface area (Å²) in [4.78, 5) is 6.77. The lowest BCUT2D eigenvalue weighted by Crippen LogP contribution is -2.33. The molecule has 1 aliphatic carbocycles. The molecule has 0 radical (unpaired) electrons. The van der Waals surface area contributed by atoms with Crippen LogP contribution >= 0.6 is 0 Å². The number of anilines is 1. The Morgan fingerprint density at radius 3 is 3.11 bits per heavy atom. The highest BCUT2D eigenvalue weighted by molar-refractivity contribution is 5.61. The largest absolute Gasteiger partial charge is 0.366 e.